The molecule has 0 saturated carbocycles. The maximum atomic E-state index is 10.4. The first-order chi connectivity index (χ1) is 4.31. The van der Waals surface area contributed by atoms with E-state index < -0.39 is 0 Å². The molecule has 0 aliphatic carbocycles. The largest absolute Gasteiger partial charge is 0.368 e. The van der Waals surface area contributed by atoms with Gasteiger partial charge >= 0.3 is 0 Å². The van der Waals surface area contributed by atoms with Crippen molar-refractivity contribution in [3.8, 4) is 0 Å². The summed E-state index contributed by atoms with van der Waals surface area (Å²) in [4.78, 5) is 10.4. The second-order valence-corrected chi connectivity index (χ2v) is 1.32. The summed E-state index contributed by atoms with van der Waals surface area (Å²) in [6, 6.07) is 0. The zero-order valence-corrected chi connectivity index (χ0v) is 5.35. The smallest absolute Gasteiger partial charge is 0.245 e. The summed E-state index contributed by atoms with van der Waals surface area (Å²) in [5, 5.41) is 5.06. The van der Waals surface area contributed by atoms with Crippen LogP contribution in [0, 0.1) is 0 Å². The predicted octanol–water partition coefficient (Wildman–Crippen LogP) is -0.0208. The highest BCUT2D eigenvalue weighted by molar-refractivity contribution is 5.87. The second kappa shape index (κ2) is 4.90. The van der Waals surface area contributed by atoms with Crippen molar-refractivity contribution in [3.63, 3.8) is 0 Å². The quantitative estimate of drug-likeness (QED) is 0.522. The van der Waals surface area contributed by atoms with E-state index in [1.54, 1.807) is 7.05 Å². The van der Waals surface area contributed by atoms with E-state index in [-0.39, 0.29) is 5.91 Å². The number of amides is 1. The van der Waals surface area contributed by atoms with Gasteiger partial charge in [-0.2, -0.15) is 0 Å². The summed E-state index contributed by atoms with van der Waals surface area (Å²) in [7, 11) is 1.57. The third-order valence-electron chi connectivity index (χ3n) is 0.695. The summed E-state index contributed by atoms with van der Waals surface area (Å²) >= 11 is 0. The normalized spacial score (nSPS) is 9.00. The molecule has 0 spiro atoms. The minimum atomic E-state index is -0.135. The van der Waals surface area contributed by atoms with Crippen LogP contribution in [0.1, 0.15) is 0 Å². The van der Waals surface area contributed by atoms with Gasteiger partial charge in [-0.15, -0.1) is 0 Å². The summed E-state index contributed by atoms with van der Waals surface area (Å²) in [5.74, 6) is -0.135. The lowest BCUT2D eigenvalue weighted by Gasteiger charge is -1.88. The van der Waals surface area contributed by atoms with Crippen molar-refractivity contribution in [1.29, 1.82) is 0 Å². The van der Waals surface area contributed by atoms with E-state index in [0.717, 1.165) is 0 Å². The monoisotopic (exact) mass is 126 g/mol. The molecule has 3 nitrogen and oxygen atoms in total. The molecule has 50 valence electrons. The van der Waals surface area contributed by atoms with Crippen molar-refractivity contribution in [2.45, 2.75) is 0 Å². The van der Waals surface area contributed by atoms with Crippen LogP contribution < -0.4 is 10.6 Å². The third-order valence-corrected chi connectivity index (χ3v) is 0.695. The summed E-state index contributed by atoms with van der Waals surface area (Å²) in [6.45, 7) is 3.39. The van der Waals surface area contributed by atoms with Crippen molar-refractivity contribution in [3.05, 3.63) is 25.1 Å². The first kappa shape index (κ1) is 7.75. The first-order valence-electron chi connectivity index (χ1n) is 2.56. The number of carbonyl (C=O) groups excluding carboxylic acids is 1. The molecule has 0 unspecified atom stereocenters. The molecule has 2 N–H and O–H groups in total. The predicted molar refractivity (Wildman–Crippen MR) is 36.5 cm³/mol. The highest BCUT2D eigenvalue weighted by Crippen LogP contribution is 1.66. The van der Waals surface area contributed by atoms with Gasteiger partial charge in [0.25, 0.3) is 0 Å². The molecule has 0 aromatic carbocycles. The average Bonchev–Trinajstić information content (AvgIpc) is 1.89. The molecule has 0 radical (unpaired) electrons. The Labute approximate surface area is 54.4 Å². The Morgan fingerprint density at radius 1 is 1.67 bits per heavy atom. The average molecular weight is 126 g/mol. The van der Waals surface area contributed by atoms with Crippen LogP contribution in [0.4, 0.5) is 0 Å². The molecule has 0 aliphatic heterocycles. The minimum absolute atomic E-state index is 0.135. The van der Waals surface area contributed by atoms with Crippen molar-refractivity contribution < 1.29 is 4.79 Å². The SMILES string of the molecule is C=CN/C=C\C(=O)NC. The van der Waals surface area contributed by atoms with Gasteiger partial charge in [-0.05, 0) is 6.20 Å². The fraction of sp³-hybridized carbons (Fsp3) is 0.167. The molecular weight excluding hydrogens is 116 g/mol. The van der Waals surface area contributed by atoms with Gasteiger partial charge in [0.2, 0.25) is 5.91 Å². The highest BCUT2D eigenvalue weighted by atomic mass is 16.1. The Bertz CT molecular complexity index is 129. The molecule has 0 aromatic heterocycles. The Kier molecular flexibility index (Phi) is 4.22. The first-order valence-corrected chi connectivity index (χ1v) is 2.56. The number of likely N-dealkylation sites (N-methyl/N-ethyl adjacent to an activating group) is 1. The van der Waals surface area contributed by atoms with Crippen LogP contribution >= 0.6 is 0 Å². The molecule has 0 fully saturated rings. The molecule has 0 aromatic rings. The van der Waals surface area contributed by atoms with Crippen LogP contribution in [0.15, 0.2) is 25.1 Å². The van der Waals surface area contributed by atoms with E-state index in [1.165, 1.54) is 18.5 Å². The molecule has 0 aliphatic rings. The Morgan fingerprint density at radius 2 is 2.33 bits per heavy atom. The zero-order valence-electron chi connectivity index (χ0n) is 5.35. The zero-order chi connectivity index (χ0) is 7.11. The van der Waals surface area contributed by atoms with Gasteiger partial charge in [0.1, 0.15) is 0 Å². The van der Waals surface area contributed by atoms with Crippen LogP contribution in [0.3, 0.4) is 0 Å². The van der Waals surface area contributed by atoms with E-state index in [4.69, 9.17) is 0 Å². The van der Waals surface area contributed by atoms with Gasteiger partial charge in [-0.1, -0.05) is 6.58 Å². The van der Waals surface area contributed by atoms with Crippen molar-refractivity contribution in [2.75, 3.05) is 7.05 Å². The molecule has 3 heteroatoms. The van der Waals surface area contributed by atoms with E-state index in [9.17, 15) is 4.79 Å². The number of hydrogen-bond acceptors (Lipinski definition) is 2. The molecule has 9 heavy (non-hydrogen) atoms. The maximum Gasteiger partial charge on any atom is 0.245 e. The van der Waals surface area contributed by atoms with Gasteiger partial charge in [0, 0.05) is 19.3 Å². The Hall–Kier alpha value is -1.25. The summed E-state index contributed by atoms with van der Waals surface area (Å²) in [5.41, 5.74) is 0. The fourth-order valence-corrected chi connectivity index (χ4v) is 0.275. The van der Waals surface area contributed by atoms with Gasteiger partial charge in [0.05, 0.1) is 0 Å². The van der Waals surface area contributed by atoms with E-state index in [1.807, 2.05) is 0 Å². The minimum Gasteiger partial charge on any atom is -0.368 e. The number of hydrogen-bond donors (Lipinski definition) is 2. The van der Waals surface area contributed by atoms with Crippen molar-refractivity contribution in [2.24, 2.45) is 0 Å². The molecule has 0 bridgehead atoms. The van der Waals surface area contributed by atoms with Crippen molar-refractivity contribution in [1.82, 2.24) is 10.6 Å². The van der Waals surface area contributed by atoms with Gasteiger partial charge in [-0.25, -0.2) is 0 Å². The topological polar surface area (TPSA) is 41.1 Å². The molecule has 0 atom stereocenters. The van der Waals surface area contributed by atoms with Crippen LogP contribution in [0.2, 0.25) is 0 Å². The maximum absolute atomic E-state index is 10.4. The lowest BCUT2D eigenvalue weighted by atomic mass is 10.6. The van der Waals surface area contributed by atoms with Crippen LogP contribution in [-0.2, 0) is 4.79 Å². The highest BCUT2D eigenvalue weighted by Gasteiger charge is 1.83. The second-order valence-electron chi connectivity index (χ2n) is 1.32. The molecular formula is C6H10N2O. The number of rotatable bonds is 3. The van der Waals surface area contributed by atoms with Crippen molar-refractivity contribution >= 4 is 5.91 Å². The lowest BCUT2D eigenvalue weighted by Crippen LogP contribution is -2.14. The fourth-order valence-electron chi connectivity index (χ4n) is 0.275. The summed E-state index contributed by atoms with van der Waals surface area (Å²) < 4.78 is 0. The summed E-state index contributed by atoms with van der Waals surface area (Å²) in [6.07, 6.45) is 4.37. The van der Waals surface area contributed by atoms with E-state index >= 15 is 0 Å². The molecule has 1 amide bonds. The van der Waals surface area contributed by atoms with Crippen LogP contribution in [0.25, 0.3) is 0 Å². The van der Waals surface area contributed by atoms with Gasteiger partial charge < -0.3 is 10.6 Å². The van der Waals surface area contributed by atoms with E-state index in [0.29, 0.717) is 0 Å². The molecule has 0 saturated heterocycles. The van der Waals surface area contributed by atoms with Crippen LogP contribution in [-0.4, -0.2) is 13.0 Å². The van der Waals surface area contributed by atoms with Gasteiger partial charge in [0.15, 0.2) is 0 Å². The number of carbonyl (C=O) groups is 1. The van der Waals surface area contributed by atoms with Crippen LogP contribution in [0.5, 0.6) is 0 Å². The third kappa shape index (κ3) is 4.61. The lowest BCUT2D eigenvalue weighted by molar-refractivity contribution is -0.116. The Balaban J connectivity index is 3.43. The Morgan fingerprint density at radius 3 is 2.78 bits per heavy atom. The van der Waals surface area contributed by atoms with Gasteiger partial charge in [-0.3, -0.25) is 4.79 Å². The number of nitrogens with one attached hydrogen (secondary N) is 2. The van der Waals surface area contributed by atoms with E-state index in [2.05, 4.69) is 17.2 Å². The molecule has 0 rings (SSSR count). The molecule has 0 heterocycles. The standard InChI is InChI=1S/C6H10N2O/c1-3-8-5-4-6(9)7-2/h3-5,8H,1H2,2H3,(H,7,9)/b5-4-.